The molecule has 0 aromatic carbocycles. The molecule has 0 amide bonds. The molecule has 0 aliphatic heterocycles. The van der Waals surface area contributed by atoms with Crippen molar-refractivity contribution in [2.24, 2.45) is 0 Å². The molecule has 0 radical (unpaired) electrons. The fraction of sp³-hybridized carbons (Fsp3) is 0.444. The summed E-state index contributed by atoms with van der Waals surface area (Å²) in [6.07, 6.45) is 0. The van der Waals surface area contributed by atoms with E-state index in [-0.39, 0.29) is 16.5 Å². The molecule has 0 aliphatic rings. The molecule has 3 N–H and O–H groups in total. The van der Waals surface area contributed by atoms with E-state index in [9.17, 15) is 13.2 Å². The predicted molar refractivity (Wildman–Crippen MR) is 67.9 cm³/mol. The van der Waals surface area contributed by atoms with E-state index in [0.29, 0.717) is 4.34 Å². The average Bonchev–Trinajstić information content (AvgIpc) is 2.71. The Hall–Kier alpha value is -0.670. The molecule has 0 saturated heterocycles. The summed E-state index contributed by atoms with van der Waals surface area (Å²) in [7, 11) is -3.47. The van der Waals surface area contributed by atoms with E-state index >= 15 is 0 Å². The van der Waals surface area contributed by atoms with Crippen LogP contribution >= 0.6 is 22.9 Å². The van der Waals surface area contributed by atoms with Gasteiger partial charge < -0.3 is 15.5 Å². The molecule has 1 heterocycles. The van der Waals surface area contributed by atoms with Gasteiger partial charge in [0.1, 0.15) is 10.3 Å². The summed E-state index contributed by atoms with van der Waals surface area (Å²) in [5.74, 6) is -1.48. The van der Waals surface area contributed by atoms with E-state index in [1.165, 1.54) is 12.1 Å². The van der Waals surface area contributed by atoms with E-state index in [1.807, 2.05) is 0 Å². The predicted octanol–water partition coefficient (Wildman–Crippen LogP) is 0.210. The molecule has 0 fully saturated rings. The molecule has 0 bridgehead atoms. The topological polar surface area (TPSA) is 104 Å². The molecule has 0 aliphatic carbocycles. The molecule has 18 heavy (non-hydrogen) atoms. The maximum Gasteiger partial charge on any atom is 0.323 e. The zero-order valence-corrected chi connectivity index (χ0v) is 11.6. The first-order valence-corrected chi connectivity index (χ1v) is 7.76. The number of rotatable bonds is 7. The number of thiophene rings is 1. The van der Waals surface area contributed by atoms with Crippen LogP contribution in [0.25, 0.3) is 0 Å². The van der Waals surface area contributed by atoms with Crippen molar-refractivity contribution in [1.29, 1.82) is 0 Å². The summed E-state index contributed by atoms with van der Waals surface area (Å²) in [6, 6.07) is 1.73. The standard InChI is InChI=1S/C9H12ClNO5S2/c10-7-1-2-8(17-7)18(15,16)4-3-11-6(5-12)9(13)14/h1-2,6,11-12H,3-5H2,(H,13,14)/t6-/m0/s1. The first-order valence-electron chi connectivity index (χ1n) is 4.92. The van der Waals surface area contributed by atoms with Gasteiger partial charge in [-0.25, -0.2) is 8.42 Å². The van der Waals surface area contributed by atoms with Gasteiger partial charge in [-0.15, -0.1) is 11.3 Å². The lowest BCUT2D eigenvalue weighted by atomic mass is 10.3. The normalized spacial score (nSPS) is 13.4. The number of aliphatic hydroxyl groups excluding tert-OH is 1. The van der Waals surface area contributed by atoms with Gasteiger partial charge in [0.2, 0.25) is 0 Å². The van der Waals surface area contributed by atoms with Crippen LogP contribution in [0.3, 0.4) is 0 Å². The Morgan fingerprint density at radius 1 is 1.50 bits per heavy atom. The van der Waals surface area contributed by atoms with Crippen molar-refractivity contribution in [3.63, 3.8) is 0 Å². The van der Waals surface area contributed by atoms with E-state index in [2.05, 4.69) is 5.32 Å². The van der Waals surface area contributed by atoms with Gasteiger partial charge in [0.15, 0.2) is 9.84 Å². The second-order valence-electron chi connectivity index (χ2n) is 3.40. The lowest BCUT2D eigenvalue weighted by Crippen LogP contribution is -2.41. The summed E-state index contributed by atoms with van der Waals surface area (Å²) in [4.78, 5) is 10.6. The van der Waals surface area contributed by atoms with Gasteiger partial charge in [-0.2, -0.15) is 0 Å². The molecular formula is C9H12ClNO5S2. The number of halogens is 1. The largest absolute Gasteiger partial charge is 0.480 e. The van der Waals surface area contributed by atoms with Crippen LogP contribution in [0.5, 0.6) is 0 Å². The van der Waals surface area contributed by atoms with Crippen LogP contribution in [-0.2, 0) is 14.6 Å². The highest BCUT2D eigenvalue weighted by molar-refractivity contribution is 7.93. The molecule has 9 heteroatoms. The molecule has 6 nitrogen and oxygen atoms in total. The van der Waals surface area contributed by atoms with Crippen LogP contribution in [0.1, 0.15) is 0 Å². The minimum atomic E-state index is -3.47. The number of aliphatic carboxylic acids is 1. The van der Waals surface area contributed by atoms with Crippen LogP contribution in [0.4, 0.5) is 0 Å². The minimum absolute atomic E-state index is 0.0601. The number of nitrogens with one attached hydrogen (secondary N) is 1. The van der Waals surface area contributed by atoms with Gasteiger partial charge >= 0.3 is 5.97 Å². The van der Waals surface area contributed by atoms with E-state index in [0.717, 1.165) is 11.3 Å². The fourth-order valence-electron chi connectivity index (χ4n) is 1.16. The Balaban J connectivity index is 2.55. The Morgan fingerprint density at radius 3 is 2.61 bits per heavy atom. The molecule has 1 aromatic heterocycles. The Kier molecular flexibility index (Phi) is 5.54. The maximum absolute atomic E-state index is 11.8. The molecule has 1 aromatic rings. The highest BCUT2D eigenvalue weighted by Crippen LogP contribution is 2.26. The molecule has 102 valence electrons. The smallest absolute Gasteiger partial charge is 0.323 e. The molecule has 1 atom stereocenters. The van der Waals surface area contributed by atoms with Gasteiger partial charge in [0.25, 0.3) is 0 Å². The summed E-state index contributed by atoms with van der Waals surface area (Å²) in [6.45, 7) is -0.657. The summed E-state index contributed by atoms with van der Waals surface area (Å²) >= 11 is 6.59. The molecule has 0 saturated carbocycles. The SMILES string of the molecule is O=C(O)[C@H](CO)NCCS(=O)(=O)c1ccc(Cl)s1. The van der Waals surface area contributed by atoms with Gasteiger partial charge in [0.05, 0.1) is 16.7 Å². The third-order valence-corrected chi connectivity index (χ3v) is 5.63. The lowest BCUT2D eigenvalue weighted by molar-refractivity contribution is -0.140. The van der Waals surface area contributed by atoms with Crippen LogP contribution in [-0.4, -0.2) is 49.5 Å². The zero-order valence-electron chi connectivity index (χ0n) is 9.17. The van der Waals surface area contributed by atoms with Crippen LogP contribution in [0, 0.1) is 0 Å². The molecule has 0 spiro atoms. The number of hydrogen-bond donors (Lipinski definition) is 3. The number of carbonyl (C=O) groups is 1. The summed E-state index contributed by atoms with van der Waals surface area (Å²) in [5, 5.41) is 19.8. The van der Waals surface area contributed by atoms with Crippen LogP contribution in [0.2, 0.25) is 4.34 Å². The zero-order chi connectivity index (χ0) is 13.8. The number of sulfone groups is 1. The first kappa shape index (κ1) is 15.4. The van der Waals surface area contributed by atoms with Crippen LogP contribution < -0.4 is 5.32 Å². The Labute approximate surface area is 113 Å². The average molecular weight is 314 g/mol. The Morgan fingerprint density at radius 2 is 2.17 bits per heavy atom. The number of hydrogen-bond acceptors (Lipinski definition) is 6. The van der Waals surface area contributed by atoms with Crippen molar-refractivity contribution in [3.8, 4) is 0 Å². The third kappa shape index (κ3) is 4.21. The minimum Gasteiger partial charge on any atom is -0.480 e. The van der Waals surface area contributed by atoms with Crippen molar-refractivity contribution in [2.45, 2.75) is 10.3 Å². The van der Waals surface area contributed by atoms with E-state index in [4.69, 9.17) is 21.8 Å². The van der Waals surface area contributed by atoms with Gasteiger partial charge in [-0.05, 0) is 12.1 Å². The van der Waals surface area contributed by atoms with E-state index < -0.39 is 28.5 Å². The third-order valence-electron chi connectivity index (χ3n) is 2.10. The van der Waals surface area contributed by atoms with Crippen molar-refractivity contribution >= 4 is 38.7 Å². The van der Waals surface area contributed by atoms with Gasteiger partial charge in [0, 0.05) is 6.54 Å². The molecule has 0 unspecified atom stereocenters. The van der Waals surface area contributed by atoms with Crippen molar-refractivity contribution < 1.29 is 23.4 Å². The van der Waals surface area contributed by atoms with Gasteiger partial charge in [-0.1, -0.05) is 11.6 Å². The second-order valence-corrected chi connectivity index (χ2v) is 7.46. The quantitative estimate of drug-likeness (QED) is 0.665. The van der Waals surface area contributed by atoms with Crippen molar-refractivity contribution in [3.05, 3.63) is 16.5 Å². The molecule has 1 rings (SSSR count). The maximum atomic E-state index is 11.8. The summed E-state index contributed by atoms with van der Waals surface area (Å²) < 4.78 is 24.1. The monoisotopic (exact) mass is 313 g/mol. The lowest BCUT2D eigenvalue weighted by Gasteiger charge is -2.10. The van der Waals surface area contributed by atoms with Gasteiger partial charge in [-0.3, -0.25) is 4.79 Å². The first-order chi connectivity index (χ1) is 8.36. The van der Waals surface area contributed by atoms with E-state index in [1.54, 1.807) is 0 Å². The highest BCUT2D eigenvalue weighted by atomic mass is 35.5. The van der Waals surface area contributed by atoms with Crippen molar-refractivity contribution in [2.75, 3.05) is 18.9 Å². The second kappa shape index (κ2) is 6.48. The fourth-order valence-corrected chi connectivity index (χ4v) is 3.97. The van der Waals surface area contributed by atoms with Crippen molar-refractivity contribution in [1.82, 2.24) is 5.32 Å². The Bertz CT molecular complexity index is 513. The highest BCUT2D eigenvalue weighted by Gasteiger charge is 2.19. The summed E-state index contributed by atoms with van der Waals surface area (Å²) in [5.41, 5.74) is 0. The molecular weight excluding hydrogens is 302 g/mol. The number of carboxylic acid groups (broad SMARTS) is 1. The number of aliphatic hydroxyl groups is 1. The number of carboxylic acids is 1. The van der Waals surface area contributed by atoms with Crippen LogP contribution in [0.15, 0.2) is 16.3 Å².